The van der Waals surface area contributed by atoms with Crippen molar-refractivity contribution < 1.29 is 0 Å². The summed E-state index contributed by atoms with van der Waals surface area (Å²) in [6.45, 7) is 0. The highest BCUT2D eigenvalue weighted by atomic mass is 35.5. The zero-order chi connectivity index (χ0) is 11.5. The van der Waals surface area contributed by atoms with Crippen LogP contribution in [0.3, 0.4) is 0 Å². The molecule has 1 fully saturated rings. The van der Waals surface area contributed by atoms with Crippen LogP contribution in [0, 0.1) is 0 Å². The van der Waals surface area contributed by atoms with E-state index in [4.69, 9.17) is 11.6 Å². The van der Waals surface area contributed by atoms with Crippen molar-refractivity contribution in [1.82, 2.24) is 9.55 Å². The normalized spacial score (nSPS) is 25.4. The van der Waals surface area contributed by atoms with Crippen LogP contribution in [-0.2, 0) is 7.05 Å². The van der Waals surface area contributed by atoms with E-state index in [0.29, 0.717) is 17.2 Å². The van der Waals surface area contributed by atoms with Crippen LogP contribution in [0.1, 0.15) is 25.7 Å². The number of aryl methyl sites for hydroxylation is 1. The number of rotatable bonds is 2. The Kier molecular flexibility index (Phi) is 3.49. The van der Waals surface area contributed by atoms with Gasteiger partial charge in [-0.15, -0.1) is 11.6 Å². The van der Waals surface area contributed by atoms with Crippen LogP contribution in [0.2, 0.25) is 0 Å². The summed E-state index contributed by atoms with van der Waals surface area (Å²) in [6, 6.07) is 0.331. The average molecular weight is 242 g/mol. The quantitative estimate of drug-likeness (QED) is 0.803. The Morgan fingerprint density at radius 2 is 2.12 bits per heavy atom. The van der Waals surface area contributed by atoms with Gasteiger partial charge in [-0.3, -0.25) is 4.79 Å². The van der Waals surface area contributed by atoms with Gasteiger partial charge in [0.25, 0.3) is 5.56 Å². The molecule has 0 bridgehead atoms. The number of anilines is 1. The Hall–Kier alpha value is -1.03. The Balaban J connectivity index is 2.04. The van der Waals surface area contributed by atoms with Crippen molar-refractivity contribution in [1.29, 1.82) is 0 Å². The SMILES string of the molecule is Cn1ccnc(NC2CCC(Cl)CC2)c1=O. The zero-order valence-corrected chi connectivity index (χ0v) is 10.1. The van der Waals surface area contributed by atoms with E-state index in [1.807, 2.05) is 0 Å². The molecule has 88 valence electrons. The fraction of sp³-hybridized carbons (Fsp3) is 0.636. The van der Waals surface area contributed by atoms with Gasteiger partial charge in [0.1, 0.15) is 0 Å². The van der Waals surface area contributed by atoms with Gasteiger partial charge in [-0.25, -0.2) is 4.98 Å². The summed E-state index contributed by atoms with van der Waals surface area (Å²) in [6.07, 6.45) is 7.32. The standard InChI is InChI=1S/C11H16ClN3O/c1-15-7-6-13-10(11(15)16)14-9-4-2-8(12)3-5-9/h6-9H,2-5H2,1H3,(H,13,14). The van der Waals surface area contributed by atoms with Crippen LogP contribution in [0.4, 0.5) is 5.82 Å². The Morgan fingerprint density at radius 1 is 1.44 bits per heavy atom. The van der Waals surface area contributed by atoms with E-state index in [0.717, 1.165) is 25.7 Å². The molecule has 1 aliphatic rings. The molecule has 5 heteroatoms. The van der Waals surface area contributed by atoms with Gasteiger partial charge in [-0.1, -0.05) is 0 Å². The largest absolute Gasteiger partial charge is 0.363 e. The molecule has 0 aromatic carbocycles. The predicted molar refractivity (Wildman–Crippen MR) is 65.0 cm³/mol. The number of hydrogen-bond donors (Lipinski definition) is 1. The van der Waals surface area contributed by atoms with E-state index in [-0.39, 0.29) is 5.56 Å². The first-order chi connectivity index (χ1) is 7.66. The topological polar surface area (TPSA) is 46.9 Å². The van der Waals surface area contributed by atoms with Crippen molar-refractivity contribution in [3.8, 4) is 0 Å². The lowest BCUT2D eigenvalue weighted by molar-refractivity contribution is 0.467. The van der Waals surface area contributed by atoms with Gasteiger partial charge in [-0.05, 0) is 25.7 Å². The maximum Gasteiger partial charge on any atom is 0.293 e. The number of aromatic nitrogens is 2. The van der Waals surface area contributed by atoms with Gasteiger partial charge in [0.15, 0.2) is 5.82 Å². The zero-order valence-electron chi connectivity index (χ0n) is 9.32. The minimum Gasteiger partial charge on any atom is -0.363 e. The molecule has 1 N–H and O–H groups in total. The summed E-state index contributed by atoms with van der Waals surface area (Å²) in [7, 11) is 1.73. The summed E-state index contributed by atoms with van der Waals surface area (Å²) >= 11 is 6.03. The van der Waals surface area contributed by atoms with E-state index in [9.17, 15) is 4.79 Å². The molecule has 0 amide bonds. The highest BCUT2D eigenvalue weighted by Crippen LogP contribution is 2.24. The minimum atomic E-state index is -0.0736. The van der Waals surface area contributed by atoms with Crippen LogP contribution in [0.5, 0.6) is 0 Å². The fourth-order valence-electron chi connectivity index (χ4n) is 1.99. The maximum atomic E-state index is 11.7. The first-order valence-corrected chi connectivity index (χ1v) is 6.02. The summed E-state index contributed by atoms with van der Waals surface area (Å²) in [5, 5.41) is 3.50. The molecule has 1 aliphatic carbocycles. The summed E-state index contributed by atoms with van der Waals surface area (Å²) < 4.78 is 1.53. The molecule has 16 heavy (non-hydrogen) atoms. The van der Waals surface area contributed by atoms with E-state index >= 15 is 0 Å². The molecule has 0 unspecified atom stereocenters. The van der Waals surface area contributed by atoms with Crippen molar-refractivity contribution >= 4 is 17.4 Å². The molecule has 1 saturated carbocycles. The third-order valence-electron chi connectivity index (χ3n) is 3.01. The lowest BCUT2D eigenvalue weighted by atomic mass is 9.95. The number of nitrogens with one attached hydrogen (secondary N) is 1. The fourth-order valence-corrected chi connectivity index (χ4v) is 2.24. The van der Waals surface area contributed by atoms with E-state index < -0.39 is 0 Å². The predicted octanol–water partition coefficient (Wildman–Crippen LogP) is 1.74. The van der Waals surface area contributed by atoms with Gasteiger partial charge >= 0.3 is 0 Å². The van der Waals surface area contributed by atoms with Gasteiger partial charge < -0.3 is 9.88 Å². The van der Waals surface area contributed by atoms with Crippen LogP contribution < -0.4 is 10.9 Å². The van der Waals surface area contributed by atoms with Crippen LogP contribution in [0.25, 0.3) is 0 Å². The summed E-state index contributed by atoms with van der Waals surface area (Å²) in [5.74, 6) is 0.447. The van der Waals surface area contributed by atoms with Crippen molar-refractivity contribution in [2.75, 3.05) is 5.32 Å². The molecule has 2 rings (SSSR count). The molecule has 0 saturated heterocycles. The highest BCUT2D eigenvalue weighted by Gasteiger charge is 2.20. The molecular weight excluding hydrogens is 226 g/mol. The van der Waals surface area contributed by atoms with Crippen molar-refractivity contribution in [2.45, 2.75) is 37.1 Å². The van der Waals surface area contributed by atoms with Gasteiger partial charge in [0.2, 0.25) is 0 Å². The molecule has 1 aromatic heterocycles. The van der Waals surface area contributed by atoms with E-state index in [1.165, 1.54) is 4.57 Å². The lowest BCUT2D eigenvalue weighted by Gasteiger charge is -2.25. The number of alkyl halides is 1. The number of hydrogen-bond acceptors (Lipinski definition) is 3. The van der Waals surface area contributed by atoms with E-state index in [2.05, 4.69) is 10.3 Å². The maximum absolute atomic E-state index is 11.7. The Labute approximate surface area is 99.6 Å². The smallest absolute Gasteiger partial charge is 0.293 e. The lowest BCUT2D eigenvalue weighted by Crippen LogP contribution is -2.31. The van der Waals surface area contributed by atoms with Crippen molar-refractivity contribution in [2.24, 2.45) is 7.05 Å². The summed E-state index contributed by atoms with van der Waals surface area (Å²) in [5.41, 5.74) is -0.0736. The highest BCUT2D eigenvalue weighted by molar-refractivity contribution is 6.20. The van der Waals surface area contributed by atoms with Crippen LogP contribution in [0.15, 0.2) is 17.2 Å². The second-order valence-electron chi connectivity index (χ2n) is 4.29. The van der Waals surface area contributed by atoms with Gasteiger partial charge in [0, 0.05) is 30.9 Å². The molecule has 4 nitrogen and oxygen atoms in total. The van der Waals surface area contributed by atoms with Crippen molar-refractivity contribution in [3.05, 3.63) is 22.7 Å². The third-order valence-corrected chi connectivity index (χ3v) is 3.45. The third kappa shape index (κ3) is 2.55. The minimum absolute atomic E-state index is 0.0736. The number of halogens is 1. The monoisotopic (exact) mass is 241 g/mol. The molecule has 0 atom stereocenters. The Morgan fingerprint density at radius 3 is 2.81 bits per heavy atom. The average Bonchev–Trinajstić information content (AvgIpc) is 2.28. The van der Waals surface area contributed by atoms with E-state index in [1.54, 1.807) is 19.4 Å². The first kappa shape index (κ1) is 11.5. The molecule has 0 radical (unpaired) electrons. The number of nitrogens with zero attached hydrogens (tertiary/aromatic N) is 2. The Bertz CT molecular complexity index is 410. The van der Waals surface area contributed by atoms with Crippen LogP contribution in [-0.4, -0.2) is 21.0 Å². The van der Waals surface area contributed by atoms with Gasteiger partial charge in [0.05, 0.1) is 0 Å². The molecule has 1 aromatic rings. The molecule has 1 heterocycles. The first-order valence-electron chi connectivity index (χ1n) is 5.59. The molecule has 0 aliphatic heterocycles. The second-order valence-corrected chi connectivity index (χ2v) is 4.90. The van der Waals surface area contributed by atoms with Gasteiger partial charge in [-0.2, -0.15) is 0 Å². The van der Waals surface area contributed by atoms with Crippen molar-refractivity contribution in [3.63, 3.8) is 0 Å². The molecular formula is C11H16ClN3O. The van der Waals surface area contributed by atoms with Crippen LogP contribution >= 0.6 is 11.6 Å². The summed E-state index contributed by atoms with van der Waals surface area (Å²) in [4.78, 5) is 15.8. The molecule has 0 spiro atoms. The second kappa shape index (κ2) is 4.87.